The fraction of sp³-hybridized carbons (Fsp3) is 0.333. The van der Waals surface area contributed by atoms with Crippen molar-refractivity contribution in [3.05, 3.63) is 58.4 Å². The van der Waals surface area contributed by atoms with Crippen molar-refractivity contribution in [1.82, 2.24) is 10.3 Å². The highest BCUT2D eigenvalue weighted by Crippen LogP contribution is 2.33. The Morgan fingerprint density at radius 1 is 0.971 bits per heavy atom. The number of anilines is 1. The molecule has 34 heavy (non-hydrogen) atoms. The van der Waals surface area contributed by atoms with Crippen LogP contribution in [0.25, 0.3) is 10.9 Å². The van der Waals surface area contributed by atoms with Crippen LogP contribution in [-0.4, -0.2) is 38.6 Å². The summed E-state index contributed by atoms with van der Waals surface area (Å²) < 4.78 is 39.5. The molecular formula is C24H25N3O6S. The summed E-state index contributed by atoms with van der Waals surface area (Å²) in [7, 11) is -4.00. The van der Waals surface area contributed by atoms with Crippen molar-refractivity contribution in [3.8, 4) is 11.5 Å². The standard InChI is InChI=1S/C24H25N3O6S/c28-23-18-13-17(34(30,31)27-16-6-9-21-22(12-16)33-11-10-32-21)7-8-20(18)25-14-19(23)24(29)26-15-4-2-1-3-5-15/h6-9,12-15,27H,1-5,10-11H2,(H,25,28)(H,26,29). The van der Waals surface area contributed by atoms with Crippen molar-refractivity contribution in [2.75, 3.05) is 17.9 Å². The predicted octanol–water partition coefficient (Wildman–Crippen LogP) is 3.16. The van der Waals surface area contributed by atoms with Gasteiger partial charge in [0.15, 0.2) is 11.5 Å². The average Bonchev–Trinajstić information content (AvgIpc) is 2.84. The summed E-state index contributed by atoms with van der Waals surface area (Å²) in [6.45, 7) is 0.817. The topological polar surface area (TPSA) is 127 Å². The number of aromatic amines is 1. The quantitative estimate of drug-likeness (QED) is 0.512. The number of H-pyrrole nitrogens is 1. The molecule has 5 rings (SSSR count). The molecule has 10 heteroatoms. The van der Waals surface area contributed by atoms with Gasteiger partial charge in [-0.1, -0.05) is 19.3 Å². The van der Waals surface area contributed by atoms with Crippen LogP contribution in [0.4, 0.5) is 5.69 Å². The molecule has 2 aromatic carbocycles. The van der Waals surface area contributed by atoms with Crippen molar-refractivity contribution >= 4 is 32.5 Å². The van der Waals surface area contributed by atoms with Crippen LogP contribution >= 0.6 is 0 Å². The molecule has 9 nitrogen and oxygen atoms in total. The molecule has 3 N–H and O–H groups in total. The number of amides is 1. The number of sulfonamides is 1. The van der Waals surface area contributed by atoms with Crippen molar-refractivity contribution in [1.29, 1.82) is 0 Å². The van der Waals surface area contributed by atoms with Crippen LogP contribution in [0.1, 0.15) is 42.5 Å². The maximum Gasteiger partial charge on any atom is 0.261 e. The minimum Gasteiger partial charge on any atom is -0.486 e. The van der Waals surface area contributed by atoms with Gasteiger partial charge in [0.2, 0.25) is 5.43 Å². The van der Waals surface area contributed by atoms with Crippen LogP contribution in [0.2, 0.25) is 0 Å². The number of pyridine rings is 1. The number of carbonyl (C=O) groups excluding carboxylic acids is 1. The maximum atomic E-state index is 13.1. The van der Waals surface area contributed by atoms with Crippen LogP contribution in [0.3, 0.4) is 0 Å². The van der Waals surface area contributed by atoms with Gasteiger partial charge in [0.25, 0.3) is 15.9 Å². The Balaban J connectivity index is 1.42. The zero-order valence-electron chi connectivity index (χ0n) is 18.4. The first-order valence-electron chi connectivity index (χ1n) is 11.3. The third-order valence-corrected chi connectivity index (χ3v) is 7.52. The van der Waals surface area contributed by atoms with Crippen LogP contribution in [0.15, 0.2) is 52.3 Å². The van der Waals surface area contributed by atoms with Crippen molar-refractivity contribution < 1.29 is 22.7 Å². The van der Waals surface area contributed by atoms with E-state index in [0.717, 1.165) is 32.1 Å². The van der Waals surface area contributed by atoms with Gasteiger partial charge in [-0.3, -0.25) is 14.3 Å². The highest BCUT2D eigenvalue weighted by molar-refractivity contribution is 7.92. The number of carbonyl (C=O) groups is 1. The van der Waals surface area contributed by atoms with Gasteiger partial charge in [-0.15, -0.1) is 0 Å². The fourth-order valence-corrected chi connectivity index (χ4v) is 5.44. The molecule has 1 aromatic heterocycles. The third-order valence-electron chi connectivity index (χ3n) is 6.14. The predicted molar refractivity (Wildman–Crippen MR) is 127 cm³/mol. The lowest BCUT2D eigenvalue weighted by Gasteiger charge is -2.22. The van der Waals surface area contributed by atoms with Gasteiger partial charge in [0, 0.05) is 29.2 Å². The van der Waals surface area contributed by atoms with E-state index < -0.39 is 21.4 Å². The van der Waals surface area contributed by atoms with Crippen LogP contribution in [0, 0.1) is 0 Å². The van der Waals surface area contributed by atoms with Crippen molar-refractivity contribution in [2.24, 2.45) is 0 Å². The van der Waals surface area contributed by atoms with Crippen LogP contribution in [0.5, 0.6) is 11.5 Å². The normalized spacial score (nSPS) is 16.2. The first-order valence-corrected chi connectivity index (χ1v) is 12.8. The lowest BCUT2D eigenvalue weighted by Crippen LogP contribution is -2.38. The summed E-state index contributed by atoms with van der Waals surface area (Å²) >= 11 is 0. The van der Waals surface area contributed by atoms with Crippen LogP contribution < -0.4 is 24.9 Å². The molecule has 0 spiro atoms. The second-order valence-electron chi connectivity index (χ2n) is 8.51. The summed E-state index contributed by atoms with van der Waals surface area (Å²) in [5.74, 6) is 0.554. The van der Waals surface area contributed by atoms with Gasteiger partial charge in [-0.25, -0.2) is 8.42 Å². The number of rotatable bonds is 5. The Kier molecular flexibility index (Phi) is 5.91. The molecule has 0 atom stereocenters. The van der Waals surface area contributed by atoms with E-state index in [-0.39, 0.29) is 21.9 Å². The molecule has 2 heterocycles. The largest absolute Gasteiger partial charge is 0.486 e. The van der Waals surface area contributed by atoms with E-state index in [2.05, 4.69) is 15.0 Å². The Bertz CT molecular complexity index is 1410. The second-order valence-corrected chi connectivity index (χ2v) is 10.2. The highest BCUT2D eigenvalue weighted by Gasteiger charge is 2.22. The van der Waals surface area contributed by atoms with E-state index in [0.29, 0.717) is 35.9 Å². The minimum atomic E-state index is -4.00. The monoisotopic (exact) mass is 483 g/mol. The van der Waals surface area contributed by atoms with Crippen LogP contribution in [-0.2, 0) is 10.0 Å². The summed E-state index contributed by atoms with van der Waals surface area (Å²) in [6, 6.07) is 9.01. The molecule has 0 saturated heterocycles. The van der Waals surface area contributed by atoms with Gasteiger partial charge in [0.05, 0.1) is 10.6 Å². The lowest BCUT2D eigenvalue weighted by molar-refractivity contribution is 0.0926. The molecular weight excluding hydrogens is 458 g/mol. The second kappa shape index (κ2) is 9.02. The number of hydrogen-bond donors (Lipinski definition) is 3. The van der Waals surface area contributed by atoms with E-state index in [4.69, 9.17) is 9.47 Å². The molecule has 2 aliphatic rings. The molecule has 178 valence electrons. The molecule has 0 radical (unpaired) electrons. The molecule has 1 aliphatic heterocycles. The summed E-state index contributed by atoms with van der Waals surface area (Å²) in [4.78, 5) is 28.7. The Hall–Kier alpha value is -3.53. The average molecular weight is 484 g/mol. The van der Waals surface area contributed by atoms with Gasteiger partial charge < -0.3 is 19.8 Å². The van der Waals surface area contributed by atoms with E-state index >= 15 is 0 Å². The molecule has 1 aliphatic carbocycles. The lowest BCUT2D eigenvalue weighted by atomic mass is 9.95. The number of aromatic nitrogens is 1. The van der Waals surface area contributed by atoms with Gasteiger partial charge in [-0.2, -0.15) is 0 Å². The zero-order valence-corrected chi connectivity index (χ0v) is 19.2. The molecule has 1 amide bonds. The third kappa shape index (κ3) is 4.45. The van der Waals surface area contributed by atoms with Gasteiger partial charge in [0.1, 0.15) is 18.8 Å². The number of ether oxygens (including phenoxy) is 2. The Morgan fingerprint density at radius 3 is 2.53 bits per heavy atom. The first-order chi connectivity index (χ1) is 16.4. The highest BCUT2D eigenvalue weighted by atomic mass is 32.2. The van der Waals surface area contributed by atoms with E-state index in [1.807, 2.05) is 0 Å². The van der Waals surface area contributed by atoms with Crippen molar-refractivity contribution in [3.63, 3.8) is 0 Å². The number of fused-ring (bicyclic) bond motifs is 2. The molecule has 0 unspecified atom stereocenters. The Labute approximate surface area is 196 Å². The number of benzene rings is 2. The van der Waals surface area contributed by atoms with E-state index in [9.17, 15) is 18.0 Å². The SMILES string of the molecule is O=C(NC1CCCCC1)c1c[nH]c2ccc(S(=O)(=O)Nc3ccc4c(c3)OCCO4)cc2c1=O. The minimum absolute atomic E-state index is 0.0348. The maximum absolute atomic E-state index is 13.1. The van der Waals surface area contributed by atoms with E-state index in [1.165, 1.54) is 24.4 Å². The molecule has 1 saturated carbocycles. The Morgan fingerprint density at radius 2 is 1.74 bits per heavy atom. The van der Waals surface area contributed by atoms with Gasteiger partial charge >= 0.3 is 0 Å². The number of nitrogens with one attached hydrogen (secondary N) is 3. The molecule has 3 aromatic rings. The molecule has 1 fully saturated rings. The molecule has 0 bridgehead atoms. The zero-order chi connectivity index (χ0) is 23.7. The summed E-state index contributed by atoms with van der Waals surface area (Å²) in [5.41, 5.74) is 0.196. The first kappa shape index (κ1) is 22.3. The van der Waals surface area contributed by atoms with Gasteiger partial charge in [-0.05, 0) is 43.2 Å². The summed E-state index contributed by atoms with van der Waals surface area (Å²) in [5, 5.41) is 3.06. The van der Waals surface area contributed by atoms with Crippen molar-refractivity contribution in [2.45, 2.75) is 43.0 Å². The van der Waals surface area contributed by atoms with E-state index in [1.54, 1.807) is 18.2 Å². The number of hydrogen-bond acceptors (Lipinski definition) is 6. The smallest absolute Gasteiger partial charge is 0.261 e. The fourth-order valence-electron chi connectivity index (χ4n) is 4.36. The summed E-state index contributed by atoms with van der Waals surface area (Å²) in [6.07, 6.45) is 6.43.